The summed E-state index contributed by atoms with van der Waals surface area (Å²) < 4.78 is 5.29. The second kappa shape index (κ2) is 6.57. The molecule has 0 aliphatic carbocycles. The van der Waals surface area contributed by atoms with Crippen LogP contribution in [-0.4, -0.2) is 31.5 Å². The predicted octanol–water partition coefficient (Wildman–Crippen LogP) is 1.87. The molecule has 1 rings (SSSR count). The Kier molecular flexibility index (Phi) is 5.36. The molecule has 0 heterocycles. The van der Waals surface area contributed by atoms with Gasteiger partial charge in [-0.15, -0.1) is 0 Å². The Morgan fingerprint density at radius 3 is 2.53 bits per heavy atom. The van der Waals surface area contributed by atoms with E-state index in [1.807, 2.05) is 33.9 Å². The van der Waals surface area contributed by atoms with Gasteiger partial charge in [-0.05, 0) is 36.6 Å². The highest BCUT2D eigenvalue weighted by molar-refractivity contribution is 5.78. The highest BCUT2D eigenvalue weighted by atomic mass is 16.5. The van der Waals surface area contributed by atoms with Crippen molar-refractivity contribution in [3.05, 3.63) is 28.8 Å². The van der Waals surface area contributed by atoms with Crippen molar-refractivity contribution in [2.75, 3.05) is 20.7 Å². The van der Waals surface area contributed by atoms with Gasteiger partial charge in [0.15, 0.2) is 0 Å². The number of nitrogens with two attached hydrogens (primary N) is 1. The molecule has 4 heteroatoms. The number of nitrogens with zero attached hydrogens (tertiary/aromatic N) is 1. The Labute approximate surface area is 115 Å². The van der Waals surface area contributed by atoms with Crippen molar-refractivity contribution in [2.45, 2.75) is 27.3 Å². The van der Waals surface area contributed by atoms with Gasteiger partial charge in [-0.25, -0.2) is 0 Å². The molecule has 1 atom stereocenters. The van der Waals surface area contributed by atoms with Gasteiger partial charge in [0.05, 0.1) is 7.11 Å². The van der Waals surface area contributed by atoms with Crippen LogP contribution in [0.25, 0.3) is 0 Å². The van der Waals surface area contributed by atoms with E-state index < -0.39 is 0 Å². The highest BCUT2D eigenvalue weighted by Crippen LogP contribution is 2.23. The van der Waals surface area contributed by atoms with Crippen LogP contribution < -0.4 is 10.5 Å². The third-order valence-corrected chi connectivity index (χ3v) is 3.41. The molecule has 0 radical (unpaired) electrons. The fourth-order valence-electron chi connectivity index (χ4n) is 2.05. The summed E-state index contributed by atoms with van der Waals surface area (Å²) in [6.07, 6.45) is 0. The maximum absolute atomic E-state index is 12.0. The number of benzene rings is 1. The van der Waals surface area contributed by atoms with E-state index in [0.29, 0.717) is 13.1 Å². The van der Waals surface area contributed by atoms with Gasteiger partial charge in [0.2, 0.25) is 5.91 Å². The molecule has 0 saturated heterocycles. The average Bonchev–Trinajstić information content (AvgIpc) is 2.40. The van der Waals surface area contributed by atoms with Gasteiger partial charge in [-0.3, -0.25) is 4.79 Å². The molecule has 106 valence electrons. The minimum atomic E-state index is -0.135. The molecule has 1 unspecified atom stereocenters. The Bertz CT molecular complexity index is 458. The smallest absolute Gasteiger partial charge is 0.226 e. The zero-order chi connectivity index (χ0) is 14.6. The quantitative estimate of drug-likeness (QED) is 0.883. The van der Waals surface area contributed by atoms with Crippen molar-refractivity contribution in [1.29, 1.82) is 0 Å². The summed E-state index contributed by atoms with van der Waals surface area (Å²) in [5.41, 5.74) is 8.88. The van der Waals surface area contributed by atoms with Gasteiger partial charge in [0, 0.05) is 26.1 Å². The number of hydrogen-bond donors (Lipinski definition) is 1. The van der Waals surface area contributed by atoms with Gasteiger partial charge in [0.25, 0.3) is 0 Å². The van der Waals surface area contributed by atoms with Crippen molar-refractivity contribution in [2.24, 2.45) is 11.7 Å². The Morgan fingerprint density at radius 1 is 1.37 bits per heavy atom. The molecular formula is C15H24N2O2. The van der Waals surface area contributed by atoms with Crippen LogP contribution in [0.3, 0.4) is 0 Å². The fourth-order valence-corrected chi connectivity index (χ4v) is 2.05. The Balaban J connectivity index is 2.88. The lowest BCUT2D eigenvalue weighted by Gasteiger charge is -2.22. The van der Waals surface area contributed by atoms with E-state index in [2.05, 4.69) is 6.07 Å². The van der Waals surface area contributed by atoms with Gasteiger partial charge < -0.3 is 15.4 Å². The lowest BCUT2D eigenvalue weighted by molar-refractivity contribution is -0.133. The lowest BCUT2D eigenvalue weighted by atomic mass is 10.0. The fraction of sp³-hybridized carbons (Fsp3) is 0.533. The van der Waals surface area contributed by atoms with Crippen molar-refractivity contribution in [3.63, 3.8) is 0 Å². The van der Waals surface area contributed by atoms with E-state index in [-0.39, 0.29) is 11.8 Å². The molecule has 4 nitrogen and oxygen atoms in total. The molecule has 0 aromatic heterocycles. The largest absolute Gasteiger partial charge is 0.496 e. The molecule has 0 fully saturated rings. The third kappa shape index (κ3) is 3.70. The summed E-state index contributed by atoms with van der Waals surface area (Å²) in [5, 5.41) is 0. The van der Waals surface area contributed by atoms with Crippen molar-refractivity contribution in [1.82, 2.24) is 4.90 Å². The maximum atomic E-state index is 12.0. The standard InChI is InChI=1S/C15H24N2O2/c1-10-7-14(19-5)11(2)6-13(10)9-17(4)15(18)12(3)8-16/h6-7,12H,8-9,16H2,1-5H3. The van der Waals surface area contributed by atoms with E-state index in [9.17, 15) is 4.79 Å². The van der Waals surface area contributed by atoms with Crippen LogP contribution in [0.4, 0.5) is 0 Å². The molecule has 19 heavy (non-hydrogen) atoms. The van der Waals surface area contributed by atoms with E-state index in [1.54, 1.807) is 12.0 Å². The minimum Gasteiger partial charge on any atom is -0.496 e. The monoisotopic (exact) mass is 264 g/mol. The first-order valence-corrected chi connectivity index (χ1v) is 6.49. The minimum absolute atomic E-state index is 0.0790. The first-order valence-electron chi connectivity index (χ1n) is 6.49. The van der Waals surface area contributed by atoms with Crippen LogP contribution in [-0.2, 0) is 11.3 Å². The molecule has 1 aromatic carbocycles. The van der Waals surface area contributed by atoms with Crippen molar-refractivity contribution in [3.8, 4) is 5.75 Å². The molecule has 0 aliphatic heterocycles. The van der Waals surface area contributed by atoms with Gasteiger partial charge >= 0.3 is 0 Å². The molecule has 0 saturated carbocycles. The van der Waals surface area contributed by atoms with Crippen LogP contribution >= 0.6 is 0 Å². The first kappa shape index (κ1) is 15.5. The third-order valence-electron chi connectivity index (χ3n) is 3.41. The molecule has 0 spiro atoms. The predicted molar refractivity (Wildman–Crippen MR) is 77.2 cm³/mol. The number of methoxy groups -OCH3 is 1. The van der Waals surface area contributed by atoms with Crippen molar-refractivity contribution >= 4 is 5.91 Å². The topological polar surface area (TPSA) is 55.6 Å². The van der Waals surface area contributed by atoms with Crippen molar-refractivity contribution < 1.29 is 9.53 Å². The summed E-state index contributed by atoms with van der Waals surface area (Å²) in [4.78, 5) is 13.7. The lowest BCUT2D eigenvalue weighted by Crippen LogP contribution is -2.34. The Hall–Kier alpha value is -1.55. The first-order chi connectivity index (χ1) is 8.90. The molecular weight excluding hydrogens is 240 g/mol. The number of carbonyl (C=O) groups is 1. The molecule has 2 N–H and O–H groups in total. The van der Waals surface area contributed by atoms with E-state index in [0.717, 1.165) is 22.4 Å². The van der Waals surface area contributed by atoms with Crippen LogP contribution in [0.2, 0.25) is 0 Å². The number of ether oxygens (including phenoxy) is 1. The summed E-state index contributed by atoms with van der Waals surface area (Å²) in [5.74, 6) is 0.825. The second-order valence-electron chi connectivity index (χ2n) is 5.08. The normalized spacial score (nSPS) is 12.1. The highest BCUT2D eigenvalue weighted by Gasteiger charge is 2.17. The van der Waals surface area contributed by atoms with E-state index >= 15 is 0 Å². The van der Waals surface area contributed by atoms with Gasteiger partial charge in [-0.1, -0.05) is 13.0 Å². The summed E-state index contributed by atoms with van der Waals surface area (Å²) in [6.45, 7) is 6.86. The molecule has 0 aliphatic rings. The maximum Gasteiger partial charge on any atom is 0.226 e. The average molecular weight is 264 g/mol. The zero-order valence-electron chi connectivity index (χ0n) is 12.5. The summed E-state index contributed by atoms with van der Waals surface area (Å²) in [6, 6.07) is 4.08. The number of carbonyl (C=O) groups excluding carboxylic acids is 1. The SMILES string of the molecule is COc1cc(C)c(CN(C)C(=O)C(C)CN)cc1C. The van der Waals surface area contributed by atoms with Gasteiger partial charge in [0.1, 0.15) is 5.75 Å². The molecule has 1 amide bonds. The Morgan fingerprint density at radius 2 is 2.00 bits per heavy atom. The van der Waals surface area contributed by atoms with Crippen LogP contribution in [0.15, 0.2) is 12.1 Å². The van der Waals surface area contributed by atoms with Crippen LogP contribution in [0.5, 0.6) is 5.75 Å². The number of amides is 1. The molecule has 1 aromatic rings. The number of hydrogen-bond acceptors (Lipinski definition) is 3. The van der Waals surface area contributed by atoms with E-state index in [1.165, 1.54) is 0 Å². The summed E-state index contributed by atoms with van der Waals surface area (Å²) >= 11 is 0. The number of rotatable bonds is 5. The van der Waals surface area contributed by atoms with Crippen LogP contribution in [0.1, 0.15) is 23.6 Å². The second-order valence-corrected chi connectivity index (χ2v) is 5.08. The van der Waals surface area contributed by atoms with E-state index in [4.69, 9.17) is 10.5 Å². The number of aryl methyl sites for hydroxylation is 2. The zero-order valence-corrected chi connectivity index (χ0v) is 12.5. The summed E-state index contributed by atoms with van der Waals surface area (Å²) in [7, 11) is 3.48. The molecule has 0 bridgehead atoms. The van der Waals surface area contributed by atoms with Crippen LogP contribution in [0, 0.1) is 19.8 Å². The van der Waals surface area contributed by atoms with Gasteiger partial charge in [-0.2, -0.15) is 0 Å².